The van der Waals surface area contributed by atoms with E-state index in [0.29, 0.717) is 6.54 Å². The van der Waals surface area contributed by atoms with Crippen LogP contribution in [0.3, 0.4) is 0 Å². The molecule has 0 spiro atoms. The number of rotatable bonds is 6. The zero-order valence-electron chi connectivity index (χ0n) is 10.2. The van der Waals surface area contributed by atoms with E-state index in [9.17, 15) is 4.79 Å². The van der Waals surface area contributed by atoms with Crippen molar-refractivity contribution >= 4 is 28.6 Å². The van der Waals surface area contributed by atoms with E-state index in [1.54, 1.807) is 22.7 Å². The minimum absolute atomic E-state index is 0.0212. The second-order valence-corrected chi connectivity index (χ2v) is 5.88. The number of amides is 1. The van der Waals surface area contributed by atoms with Crippen molar-refractivity contribution in [1.29, 1.82) is 0 Å². The van der Waals surface area contributed by atoms with E-state index in [2.05, 4.69) is 39.6 Å². The van der Waals surface area contributed by atoms with E-state index in [1.807, 2.05) is 0 Å². The first kappa shape index (κ1) is 13.3. The Balaban J connectivity index is 1.76. The summed E-state index contributed by atoms with van der Waals surface area (Å²) in [5.74, 6) is 0.0212. The molecular formula is C13H16N2OS2. The zero-order chi connectivity index (χ0) is 12.8. The average molecular weight is 280 g/mol. The van der Waals surface area contributed by atoms with Crippen LogP contribution < -0.4 is 10.6 Å². The third-order valence-electron chi connectivity index (χ3n) is 2.43. The molecule has 0 aliphatic heterocycles. The van der Waals surface area contributed by atoms with Crippen molar-refractivity contribution in [3.8, 4) is 10.4 Å². The molecule has 0 saturated carbocycles. The molecule has 0 bridgehead atoms. The molecule has 2 aromatic heterocycles. The lowest BCUT2D eigenvalue weighted by atomic mass is 10.2. The molecule has 18 heavy (non-hydrogen) atoms. The minimum Gasteiger partial charge on any atom is -0.355 e. The summed E-state index contributed by atoms with van der Waals surface area (Å²) in [6.07, 6.45) is 0. The summed E-state index contributed by atoms with van der Waals surface area (Å²) < 4.78 is 0. The molecule has 0 unspecified atom stereocenters. The normalized spacial score (nSPS) is 10.5. The molecule has 0 atom stereocenters. The summed E-state index contributed by atoms with van der Waals surface area (Å²) in [6.45, 7) is 3.87. The van der Waals surface area contributed by atoms with Gasteiger partial charge in [-0.05, 0) is 22.9 Å². The van der Waals surface area contributed by atoms with Gasteiger partial charge >= 0.3 is 0 Å². The molecule has 2 aromatic rings. The number of carbonyl (C=O) groups excluding carboxylic acids is 1. The third kappa shape index (κ3) is 3.94. The van der Waals surface area contributed by atoms with Gasteiger partial charge in [-0.1, -0.05) is 6.07 Å². The summed E-state index contributed by atoms with van der Waals surface area (Å²) in [6, 6.07) is 6.44. The van der Waals surface area contributed by atoms with Gasteiger partial charge in [-0.25, -0.2) is 0 Å². The molecule has 2 heterocycles. The van der Waals surface area contributed by atoms with Gasteiger partial charge < -0.3 is 10.6 Å². The number of hydrogen-bond acceptors (Lipinski definition) is 4. The second-order valence-electron chi connectivity index (χ2n) is 3.94. The number of thiophene rings is 2. The maximum absolute atomic E-state index is 10.7. The van der Waals surface area contributed by atoms with E-state index in [-0.39, 0.29) is 5.91 Å². The highest BCUT2D eigenvalue weighted by molar-refractivity contribution is 7.14. The van der Waals surface area contributed by atoms with Crippen LogP contribution in [0, 0.1) is 0 Å². The van der Waals surface area contributed by atoms with E-state index in [0.717, 1.165) is 13.1 Å². The lowest BCUT2D eigenvalue weighted by molar-refractivity contribution is -0.118. The van der Waals surface area contributed by atoms with Crippen LogP contribution >= 0.6 is 22.7 Å². The predicted octanol–water partition coefficient (Wildman–Crippen LogP) is 2.70. The predicted molar refractivity (Wildman–Crippen MR) is 78.0 cm³/mol. The molecule has 3 nitrogen and oxygen atoms in total. The van der Waals surface area contributed by atoms with Crippen LogP contribution in [0.15, 0.2) is 29.0 Å². The van der Waals surface area contributed by atoms with Crippen LogP contribution in [0.25, 0.3) is 10.4 Å². The summed E-state index contributed by atoms with van der Waals surface area (Å²) in [5.41, 5.74) is 1.30. The van der Waals surface area contributed by atoms with Crippen molar-refractivity contribution in [1.82, 2.24) is 10.6 Å². The molecule has 0 radical (unpaired) electrons. The summed E-state index contributed by atoms with van der Waals surface area (Å²) in [4.78, 5) is 13.3. The first-order chi connectivity index (χ1) is 8.75. The molecule has 2 N–H and O–H groups in total. The third-order valence-corrected chi connectivity index (χ3v) is 4.29. The van der Waals surface area contributed by atoms with Gasteiger partial charge in [0.1, 0.15) is 0 Å². The highest BCUT2D eigenvalue weighted by Gasteiger charge is 2.02. The molecule has 96 valence electrons. The Morgan fingerprint density at radius 3 is 2.94 bits per heavy atom. The Morgan fingerprint density at radius 1 is 1.33 bits per heavy atom. The molecule has 0 fully saturated rings. The topological polar surface area (TPSA) is 41.1 Å². The van der Waals surface area contributed by atoms with Crippen LogP contribution in [0.2, 0.25) is 0 Å². The molecule has 0 saturated heterocycles. The molecule has 0 aromatic carbocycles. The first-order valence-electron chi connectivity index (χ1n) is 5.82. The maximum atomic E-state index is 10.7. The van der Waals surface area contributed by atoms with Gasteiger partial charge in [-0.15, -0.1) is 22.7 Å². The van der Waals surface area contributed by atoms with E-state index in [1.165, 1.54) is 22.2 Å². The van der Waals surface area contributed by atoms with Gasteiger partial charge in [-0.2, -0.15) is 0 Å². The summed E-state index contributed by atoms with van der Waals surface area (Å²) in [7, 11) is 0. The highest BCUT2D eigenvalue weighted by Crippen LogP contribution is 2.28. The second kappa shape index (κ2) is 6.68. The van der Waals surface area contributed by atoms with Gasteiger partial charge in [0.05, 0.1) is 0 Å². The van der Waals surface area contributed by atoms with Gasteiger partial charge in [0.2, 0.25) is 5.91 Å². The standard InChI is InChI=1S/C13H16N2OS2/c1-10(16)15-5-4-14-8-12-7-11(9-18-12)13-3-2-6-17-13/h2-3,6-7,9,14H,4-5,8H2,1H3,(H,15,16). The van der Waals surface area contributed by atoms with Crippen molar-refractivity contribution in [2.75, 3.05) is 13.1 Å². The Morgan fingerprint density at radius 2 is 2.22 bits per heavy atom. The monoisotopic (exact) mass is 280 g/mol. The zero-order valence-corrected chi connectivity index (χ0v) is 11.9. The molecule has 5 heteroatoms. The van der Waals surface area contributed by atoms with Crippen molar-refractivity contribution in [2.45, 2.75) is 13.5 Å². The van der Waals surface area contributed by atoms with Crippen molar-refractivity contribution in [3.63, 3.8) is 0 Å². The Hall–Kier alpha value is -1.17. The Kier molecular flexibility index (Phi) is 4.92. The molecule has 0 aliphatic rings. The first-order valence-corrected chi connectivity index (χ1v) is 7.58. The Labute approximate surface area is 115 Å². The maximum Gasteiger partial charge on any atom is 0.216 e. The SMILES string of the molecule is CC(=O)NCCNCc1cc(-c2cccs2)cs1. The molecule has 1 amide bonds. The van der Waals surface area contributed by atoms with Gasteiger partial charge in [0.15, 0.2) is 0 Å². The van der Waals surface area contributed by atoms with Crippen molar-refractivity contribution in [3.05, 3.63) is 33.8 Å². The van der Waals surface area contributed by atoms with E-state index >= 15 is 0 Å². The molecule has 0 aliphatic carbocycles. The number of hydrogen-bond donors (Lipinski definition) is 2. The molecule has 2 rings (SSSR count). The fourth-order valence-corrected chi connectivity index (χ4v) is 3.23. The average Bonchev–Trinajstić information content (AvgIpc) is 2.98. The van der Waals surface area contributed by atoms with Crippen LogP contribution in [-0.4, -0.2) is 19.0 Å². The van der Waals surface area contributed by atoms with Crippen LogP contribution in [0.5, 0.6) is 0 Å². The van der Waals surface area contributed by atoms with E-state index in [4.69, 9.17) is 0 Å². The van der Waals surface area contributed by atoms with Crippen molar-refractivity contribution in [2.24, 2.45) is 0 Å². The minimum atomic E-state index is 0.0212. The van der Waals surface area contributed by atoms with Gasteiger partial charge in [0.25, 0.3) is 0 Å². The fourth-order valence-electron chi connectivity index (χ4n) is 1.58. The van der Waals surface area contributed by atoms with Crippen LogP contribution in [0.1, 0.15) is 11.8 Å². The van der Waals surface area contributed by atoms with Crippen molar-refractivity contribution < 1.29 is 4.79 Å². The van der Waals surface area contributed by atoms with Gasteiger partial charge in [-0.3, -0.25) is 4.79 Å². The lowest BCUT2D eigenvalue weighted by Crippen LogP contribution is -2.29. The summed E-state index contributed by atoms with van der Waals surface area (Å²) >= 11 is 3.53. The fraction of sp³-hybridized carbons (Fsp3) is 0.308. The van der Waals surface area contributed by atoms with Gasteiger partial charge in [0, 0.05) is 41.9 Å². The Bertz CT molecular complexity index is 491. The largest absolute Gasteiger partial charge is 0.355 e. The molecular weight excluding hydrogens is 264 g/mol. The lowest BCUT2D eigenvalue weighted by Gasteiger charge is -2.03. The van der Waals surface area contributed by atoms with Crippen LogP contribution in [-0.2, 0) is 11.3 Å². The number of carbonyl (C=O) groups is 1. The quantitative estimate of drug-likeness (QED) is 0.799. The number of nitrogens with one attached hydrogen (secondary N) is 2. The smallest absolute Gasteiger partial charge is 0.216 e. The summed E-state index contributed by atoms with van der Waals surface area (Å²) in [5, 5.41) is 10.4. The highest BCUT2D eigenvalue weighted by atomic mass is 32.1. The van der Waals surface area contributed by atoms with Crippen LogP contribution in [0.4, 0.5) is 0 Å². The van der Waals surface area contributed by atoms with E-state index < -0.39 is 0 Å².